The molecule has 0 unspecified atom stereocenters. The smallest absolute Gasteiger partial charge is 0.245 e. The van der Waals surface area contributed by atoms with Gasteiger partial charge in [0.1, 0.15) is 0 Å². The first-order valence-corrected chi connectivity index (χ1v) is 8.85. The van der Waals surface area contributed by atoms with Gasteiger partial charge in [0.05, 0.1) is 12.1 Å². The van der Waals surface area contributed by atoms with Gasteiger partial charge in [-0.05, 0) is 36.6 Å². The summed E-state index contributed by atoms with van der Waals surface area (Å²) in [7, 11) is 0. The van der Waals surface area contributed by atoms with Crippen LogP contribution in [0.1, 0.15) is 30.0 Å². The van der Waals surface area contributed by atoms with Crippen molar-refractivity contribution in [2.75, 3.05) is 11.4 Å². The van der Waals surface area contributed by atoms with Crippen LogP contribution in [0.5, 0.6) is 0 Å². The Bertz CT molecular complexity index is 810. The number of nitrogens with zero attached hydrogens (tertiary/aromatic N) is 2. The van der Waals surface area contributed by atoms with E-state index in [0.29, 0.717) is 6.54 Å². The third kappa shape index (κ3) is 4.17. The molecule has 1 aliphatic heterocycles. The Balaban J connectivity index is 1.57. The van der Waals surface area contributed by atoms with Gasteiger partial charge in [-0.2, -0.15) is 5.10 Å². The Morgan fingerprint density at radius 3 is 2.54 bits per heavy atom. The highest BCUT2D eigenvalue weighted by Crippen LogP contribution is 2.25. The zero-order valence-corrected chi connectivity index (χ0v) is 15.1. The fourth-order valence-electron chi connectivity index (χ4n) is 2.96. The monoisotopic (exact) mass is 349 g/mol. The largest absolute Gasteiger partial charge is 0.312 e. The highest BCUT2D eigenvalue weighted by Gasteiger charge is 2.35. The van der Waals surface area contributed by atoms with Gasteiger partial charge in [0, 0.05) is 18.7 Å². The summed E-state index contributed by atoms with van der Waals surface area (Å²) in [5.74, 6) is -0.647. The van der Waals surface area contributed by atoms with Crippen LogP contribution < -0.4 is 10.3 Å². The quantitative estimate of drug-likeness (QED) is 0.666. The molecule has 134 valence electrons. The summed E-state index contributed by atoms with van der Waals surface area (Å²) >= 11 is 0. The van der Waals surface area contributed by atoms with Crippen LogP contribution in [0.4, 0.5) is 5.69 Å². The van der Waals surface area contributed by atoms with Crippen LogP contribution >= 0.6 is 0 Å². The van der Waals surface area contributed by atoms with Crippen LogP contribution in [-0.2, 0) is 16.0 Å². The Kier molecular flexibility index (Phi) is 5.46. The minimum absolute atomic E-state index is 0.0341. The number of amides is 2. The number of carbonyl (C=O) groups excluding carboxylic acids is 2. The van der Waals surface area contributed by atoms with Crippen molar-refractivity contribution in [1.29, 1.82) is 0 Å². The van der Waals surface area contributed by atoms with Crippen molar-refractivity contribution in [2.45, 2.75) is 26.7 Å². The van der Waals surface area contributed by atoms with E-state index in [1.807, 2.05) is 55.5 Å². The van der Waals surface area contributed by atoms with E-state index in [4.69, 9.17) is 0 Å². The lowest BCUT2D eigenvalue weighted by Crippen LogP contribution is -2.30. The van der Waals surface area contributed by atoms with E-state index in [9.17, 15) is 9.59 Å². The second kappa shape index (κ2) is 7.95. The molecule has 0 radical (unpaired) electrons. The number of rotatable bonds is 5. The second-order valence-corrected chi connectivity index (χ2v) is 6.57. The molecule has 2 aromatic carbocycles. The molecule has 1 atom stereocenters. The Morgan fingerprint density at radius 2 is 1.88 bits per heavy atom. The molecule has 5 nitrogen and oxygen atoms in total. The first-order valence-electron chi connectivity index (χ1n) is 8.85. The van der Waals surface area contributed by atoms with Crippen LogP contribution in [0, 0.1) is 12.8 Å². The number of anilines is 1. The summed E-state index contributed by atoms with van der Waals surface area (Å²) in [6.45, 7) is 4.49. The number of hydrogen-bond acceptors (Lipinski definition) is 3. The number of benzene rings is 2. The maximum absolute atomic E-state index is 12.3. The number of nitrogens with one attached hydrogen (secondary N) is 1. The van der Waals surface area contributed by atoms with Crippen LogP contribution in [0.2, 0.25) is 0 Å². The molecular weight excluding hydrogens is 326 g/mol. The number of hydrazone groups is 1. The summed E-state index contributed by atoms with van der Waals surface area (Å²) in [6, 6.07) is 15.8. The maximum Gasteiger partial charge on any atom is 0.245 e. The summed E-state index contributed by atoms with van der Waals surface area (Å²) in [6.07, 6.45) is 2.81. The van der Waals surface area contributed by atoms with Crippen molar-refractivity contribution < 1.29 is 9.59 Å². The molecule has 1 heterocycles. The molecule has 1 fully saturated rings. The molecule has 5 heteroatoms. The molecule has 0 aromatic heterocycles. The molecule has 0 spiro atoms. The molecule has 1 aliphatic rings. The lowest BCUT2D eigenvalue weighted by Gasteiger charge is -2.16. The first-order chi connectivity index (χ1) is 12.6. The van der Waals surface area contributed by atoms with Gasteiger partial charge in [-0.15, -0.1) is 0 Å². The van der Waals surface area contributed by atoms with Crippen molar-refractivity contribution in [3.63, 3.8) is 0 Å². The predicted molar refractivity (Wildman–Crippen MR) is 103 cm³/mol. The van der Waals surface area contributed by atoms with Crippen molar-refractivity contribution in [3.05, 3.63) is 65.2 Å². The average Bonchev–Trinajstić information content (AvgIpc) is 3.05. The van der Waals surface area contributed by atoms with Gasteiger partial charge in [0.2, 0.25) is 11.8 Å². The Labute approximate surface area is 153 Å². The number of hydrogen-bond donors (Lipinski definition) is 1. The summed E-state index contributed by atoms with van der Waals surface area (Å²) in [4.78, 5) is 26.2. The average molecular weight is 349 g/mol. The van der Waals surface area contributed by atoms with Gasteiger partial charge in [-0.1, -0.05) is 48.9 Å². The molecule has 2 amide bonds. The summed E-state index contributed by atoms with van der Waals surface area (Å²) in [5, 5.41) is 4.02. The molecule has 2 aromatic rings. The van der Waals surface area contributed by atoms with Crippen molar-refractivity contribution in [3.8, 4) is 0 Å². The van der Waals surface area contributed by atoms with Gasteiger partial charge in [-0.25, -0.2) is 5.43 Å². The topological polar surface area (TPSA) is 61.8 Å². The van der Waals surface area contributed by atoms with Crippen molar-refractivity contribution in [2.24, 2.45) is 11.0 Å². The highest BCUT2D eigenvalue weighted by molar-refractivity contribution is 6.00. The SMILES string of the molecule is CCc1ccc(/C=N\NC(=O)[C@H]2CC(=O)N(c3ccc(C)cc3)C2)cc1. The van der Waals surface area contributed by atoms with Gasteiger partial charge in [0.25, 0.3) is 0 Å². The van der Waals surface area contributed by atoms with Gasteiger partial charge < -0.3 is 4.90 Å². The van der Waals surface area contributed by atoms with E-state index < -0.39 is 0 Å². The molecule has 0 saturated carbocycles. The normalized spacial score (nSPS) is 17.1. The molecular formula is C21H23N3O2. The Morgan fingerprint density at radius 1 is 1.19 bits per heavy atom. The zero-order valence-electron chi connectivity index (χ0n) is 15.1. The zero-order chi connectivity index (χ0) is 18.5. The third-order valence-electron chi connectivity index (χ3n) is 4.62. The summed E-state index contributed by atoms with van der Waals surface area (Å²) < 4.78 is 0. The highest BCUT2D eigenvalue weighted by atomic mass is 16.2. The minimum Gasteiger partial charge on any atom is -0.312 e. The van der Waals surface area contributed by atoms with Gasteiger partial charge >= 0.3 is 0 Å². The molecule has 3 rings (SSSR count). The van der Waals surface area contributed by atoms with Crippen LogP contribution in [-0.4, -0.2) is 24.6 Å². The fraction of sp³-hybridized carbons (Fsp3) is 0.286. The Hall–Kier alpha value is -2.95. The predicted octanol–water partition coefficient (Wildman–Crippen LogP) is 3.06. The van der Waals surface area contributed by atoms with Gasteiger partial charge in [-0.3, -0.25) is 9.59 Å². The second-order valence-electron chi connectivity index (χ2n) is 6.57. The maximum atomic E-state index is 12.3. The molecule has 26 heavy (non-hydrogen) atoms. The molecule has 1 saturated heterocycles. The summed E-state index contributed by atoms with van der Waals surface area (Å²) in [5.41, 5.74) is 6.70. The number of aryl methyl sites for hydroxylation is 2. The van der Waals surface area contributed by atoms with Gasteiger partial charge in [0.15, 0.2) is 0 Å². The van der Waals surface area contributed by atoms with E-state index in [2.05, 4.69) is 17.5 Å². The third-order valence-corrected chi connectivity index (χ3v) is 4.62. The van der Waals surface area contributed by atoms with E-state index >= 15 is 0 Å². The van der Waals surface area contributed by atoms with Crippen LogP contribution in [0.15, 0.2) is 53.6 Å². The minimum atomic E-state index is -0.386. The fourth-order valence-corrected chi connectivity index (χ4v) is 2.96. The van der Waals surface area contributed by atoms with Crippen molar-refractivity contribution >= 4 is 23.7 Å². The lowest BCUT2D eigenvalue weighted by atomic mass is 10.1. The van der Waals surface area contributed by atoms with E-state index in [1.165, 1.54) is 5.56 Å². The number of carbonyl (C=O) groups is 2. The van der Waals surface area contributed by atoms with E-state index in [-0.39, 0.29) is 24.2 Å². The van der Waals surface area contributed by atoms with E-state index in [0.717, 1.165) is 23.2 Å². The van der Waals surface area contributed by atoms with Crippen molar-refractivity contribution in [1.82, 2.24) is 5.43 Å². The molecule has 0 aliphatic carbocycles. The standard InChI is InChI=1S/C21H23N3O2/c1-3-16-6-8-17(9-7-16)13-22-23-21(26)18-12-20(25)24(14-18)19-10-4-15(2)5-11-19/h4-11,13,18H,3,12,14H2,1-2H3,(H,23,26)/b22-13-/t18-/m0/s1. The molecule has 0 bridgehead atoms. The van der Waals surface area contributed by atoms with Crippen LogP contribution in [0.25, 0.3) is 0 Å². The first kappa shape index (κ1) is 17.9. The van der Waals surface area contributed by atoms with E-state index in [1.54, 1.807) is 11.1 Å². The van der Waals surface area contributed by atoms with Crippen LogP contribution in [0.3, 0.4) is 0 Å². The molecule has 1 N–H and O–H groups in total. The lowest BCUT2D eigenvalue weighted by molar-refractivity contribution is -0.126.